The summed E-state index contributed by atoms with van der Waals surface area (Å²) in [6.07, 6.45) is 3.84. The van der Waals surface area contributed by atoms with Crippen molar-refractivity contribution in [3.8, 4) is 16.9 Å². The predicted molar refractivity (Wildman–Crippen MR) is 111 cm³/mol. The molecule has 1 aliphatic carbocycles. The normalized spacial score (nSPS) is 14.3. The van der Waals surface area contributed by atoms with Crippen molar-refractivity contribution < 1.29 is 17.5 Å². The highest BCUT2D eigenvalue weighted by atomic mass is 32.2. The molecule has 1 aromatic heterocycles. The van der Waals surface area contributed by atoms with Gasteiger partial charge >= 0.3 is 0 Å². The summed E-state index contributed by atoms with van der Waals surface area (Å²) < 4.78 is 46.3. The molecule has 0 atom stereocenters. The molecule has 1 aliphatic rings. The van der Waals surface area contributed by atoms with Gasteiger partial charge in [-0.05, 0) is 60.5 Å². The van der Waals surface area contributed by atoms with E-state index in [4.69, 9.17) is 4.74 Å². The molecule has 0 spiro atoms. The molecular formula is C22H22FNO4S. The van der Waals surface area contributed by atoms with Crippen LogP contribution in [0.25, 0.3) is 21.9 Å². The van der Waals surface area contributed by atoms with Crippen LogP contribution in [0.1, 0.15) is 19.8 Å². The Morgan fingerprint density at radius 2 is 1.86 bits per heavy atom. The lowest BCUT2D eigenvalue weighted by molar-refractivity contribution is 0.301. The second kappa shape index (κ2) is 7.30. The topological polar surface area (TPSA) is 65.4 Å². The highest BCUT2D eigenvalue weighted by Gasteiger charge is 2.24. The minimum absolute atomic E-state index is 0.0304. The summed E-state index contributed by atoms with van der Waals surface area (Å²) in [6, 6.07) is 8.75. The molecule has 0 saturated heterocycles. The zero-order valence-electron chi connectivity index (χ0n) is 16.3. The maximum absolute atomic E-state index is 14.0. The molecule has 0 unspecified atom stereocenters. The summed E-state index contributed by atoms with van der Waals surface area (Å²) in [6.45, 7) is 2.13. The van der Waals surface area contributed by atoms with E-state index in [1.807, 2.05) is 0 Å². The summed E-state index contributed by atoms with van der Waals surface area (Å²) >= 11 is 0. The van der Waals surface area contributed by atoms with Gasteiger partial charge in [-0.3, -0.25) is 4.79 Å². The van der Waals surface area contributed by atoms with Gasteiger partial charge in [-0.2, -0.15) is 0 Å². The average Bonchev–Trinajstić information content (AvgIpc) is 3.53. The van der Waals surface area contributed by atoms with Crippen LogP contribution >= 0.6 is 0 Å². The van der Waals surface area contributed by atoms with Gasteiger partial charge in [0.05, 0.1) is 17.3 Å². The molecule has 0 N–H and O–H groups in total. The van der Waals surface area contributed by atoms with Crippen molar-refractivity contribution in [3.05, 3.63) is 58.8 Å². The first-order valence-electron chi connectivity index (χ1n) is 9.59. The fourth-order valence-electron chi connectivity index (χ4n) is 3.35. The zero-order valence-corrected chi connectivity index (χ0v) is 17.1. The molecule has 0 amide bonds. The fourth-order valence-corrected chi connectivity index (χ4v) is 4.26. The van der Waals surface area contributed by atoms with Gasteiger partial charge in [0.2, 0.25) is 0 Å². The van der Waals surface area contributed by atoms with Gasteiger partial charge in [-0.15, -0.1) is 0 Å². The number of hydrogen-bond donors (Lipinski definition) is 0. The monoisotopic (exact) mass is 415 g/mol. The summed E-state index contributed by atoms with van der Waals surface area (Å²) in [5.74, 6) is 0.536. The van der Waals surface area contributed by atoms with E-state index in [-0.39, 0.29) is 16.2 Å². The number of ether oxygens (including phenoxy) is 1. The molecule has 0 radical (unpaired) electrons. The van der Waals surface area contributed by atoms with Crippen molar-refractivity contribution in [3.63, 3.8) is 0 Å². The molecule has 1 saturated carbocycles. The van der Waals surface area contributed by atoms with Crippen molar-refractivity contribution in [1.29, 1.82) is 0 Å². The van der Waals surface area contributed by atoms with E-state index in [1.165, 1.54) is 28.8 Å². The third-order valence-electron chi connectivity index (χ3n) is 5.30. The quantitative estimate of drug-likeness (QED) is 0.612. The highest BCUT2D eigenvalue weighted by Crippen LogP contribution is 2.38. The fraction of sp³-hybridized carbons (Fsp3) is 0.318. The Labute approximate surface area is 168 Å². The van der Waals surface area contributed by atoms with Gasteiger partial charge in [0.25, 0.3) is 5.56 Å². The number of fused-ring (bicyclic) bond motifs is 1. The molecule has 3 aromatic rings. The first-order valence-corrected chi connectivity index (χ1v) is 11.2. The van der Waals surface area contributed by atoms with Crippen molar-refractivity contribution in [1.82, 2.24) is 4.57 Å². The van der Waals surface area contributed by atoms with Crippen LogP contribution in [0, 0.1) is 11.7 Å². The number of benzene rings is 2. The molecule has 1 heterocycles. The van der Waals surface area contributed by atoms with E-state index in [1.54, 1.807) is 32.3 Å². The maximum Gasteiger partial charge on any atom is 0.258 e. The molecular weight excluding hydrogens is 393 g/mol. The van der Waals surface area contributed by atoms with Crippen LogP contribution in [-0.4, -0.2) is 25.3 Å². The lowest BCUT2D eigenvalue weighted by Gasteiger charge is -2.16. The Hall–Kier alpha value is -2.67. The zero-order chi connectivity index (χ0) is 20.8. The van der Waals surface area contributed by atoms with Crippen LogP contribution in [0.5, 0.6) is 5.75 Å². The van der Waals surface area contributed by atoms with Gasteiger partial charge < -0.3 is 9.30 Å². The average molecular weight is 415 g/mol. The van der Waals surface area contributed by atoms with E-state index in [0.717, 1.165) is 12.8 Å². The van der Waals surface area contributed by atoms with E-state index < -0.39 is 15.7 Å². The molecule has 7 heteroatoms. The van der Waals surface area contributed by atoms with Crippen LogP contribution in [0.4, 0.5) is 4.39 Å². The number of aromatic nitrogens is 1. The molecule has 2 aromatic carbocycles. The minimum Gasteiger partial charge on any atom is -0.493 e. The molecule has 0 bridgehead atoms. The Balaban J connectivity index is 1.99. The van der Waals surface area contributed by atoms with E-state index in [0.29, 0.717) is 40.2 Å². The number of rotatable bonds is 6. The van der Waals surface area contributed by atoms with Crippen LogP contribution in [0.2, 0.25) is 0 Å². The number of sulfone groups is 1. The lowest BCUT2D eigenvalue weighted by Crippen LogP contribution is -2.17. The van der Waals surface area contributed by atoms with Crippen molar-refractivity contribution >= 4 is 20.6 Å². The Morgan fingerprint density at radius 1 is 1.10 bits per heavy atom. The third kappa shape index (κ3) is 3.79. The molecule has 1 fully saturated rings. The summed E-state index contributed by atoms with van der Waals surface area (Å²) in [5, 5.41) is 0.790. The highest BCUT2D eigenvalue weighted by molar-refractivity contribution is 7.91. The minimum atomic E-state index is -3.44. The van der Waals surface area contributed by atoms with Gasteiger partial charge in [-0.25, -0.2) is 12.8 Å². The van der Waals surface area contributed by atoms with E-state index in [9.17, 15) is 17.6 Å². The summed E-state index contributed by atoms with van der Waals surface area (Å²) in [4.78, 5) is 12.7. The standard InChI is InChI=1S/C22H22FNO4S/c1-3-29(26,27)16-7-9-21(28-13-14-4-5-14)19(11-16)20-12-24(2)22(25)17-8-6-15(23)10-18(17)20/h6-12,14H,3-5,13H2,1-2H3. The third-order valence-corrected chi connectivity index (χ3v) is 7.03. The Morgan fingerprint density at radius 3 is 2.55 bits per heavy atom. The number of halogens is 1. The first-order chi connectivity index (χ1) is 13.8. The second-order valence-electron chi connectivity index (χ2n) is 7.46. The first kappa shape index (κ1) is 19.6. The molecule has 0 aliphatic heterocycles. The van der Waals surface area contributed by atoms with Crippen molar-refractivity contribution in [2.24, 2.45) is 13.0 Å². The second-order valence-corrected chi connectivity index (χ2v) is 9.74. The van der Waals surface area contributed by atoms with Crippen LogP contribution < -0.4 is 10.3 Å². The van der Waals surface area contributed by atoms with Gasteiger partial charge in [-0.1, -0.05) is 6.92 Å². The summed E-state index contributed by atoms with van der Waals surface area (Å²) in [7, 11) is -1.83. The molecule has 5 nitrogen and oxygen atoms in total. The largest absolute Gasteiger partial charge is 0.493 e. The number of nitrogens with zero attached hydrogens (tertiary/aromatic N) is 1. The van der Waals surface area contributed by atoms with Crippen LogP contribution in [-0.2, 0) is 16.9 Å². The Bertz CT molecular complexity index is 1260. The van der Waals surface area contributed by atoms with Gasteiger partial charge in [0, 0.05) is 29.8 Å². The molecule has 29 heavy (non-hydrogen) atoms. The van der Waals surface area contributed by atoms with Crippen molar-refractivity contribution in [2.75, 3.05) is 12.4 Å². The SMILES string of the molecule is CCS(=O)(=O)c1ccc(OCC2CC2)c(-c2cn(C)c(=O)c3ccc(F)cc23)c1. The molecule has 4 rings (SSSR count). The van der Waals surface area contributed by atoms with E-state index in [2.05, 4.69) is 0 Å². The van der Waals surface area contributed by atoms with E-state index >= 15 is 0 Å². The molecule has 152 valence electrons. The van der Waals surface area contributed by atoms with Gasteiger partial charge in [0.1, 0.15) is 11.6 Å². The van der Waals surface area contributed by atoms with Crippen LogP contribution in [0.15, 0.2) is 52.3 Å². The Kier molecular flexibility index (Phi) is 4.94. The number of hydrogen-bond acceptors (Lipinski definition) is 4. The smallest absolute Gasteiger partial charge is 0.258 e. The maximum atomic E-state index is 14.0. The number of pyridine rings is 1. The van der Waals surface area contributed by atoms with Gasteiger partial charge in [0.15, 0.2) is 9.84 Å². The number of aryl methyl sites for hydroxylation is 1. The van der Waals surface area contributed by atoms with Crippen LogP contribution in [0.3, 0.4) is 0 Å². The predicted octanol–water partition coefficient (Wildman–Crippen LogP) is 3.93. The van der Waals surface area contributed by atoms with Crippen molar-refractivity contribution in [2.45, 2.75) is 24.7 Å². The lowest BCUT2D eigenvalue weighted by atomic mass is 9.99. The summed E-state index contributed by atoms with van der Waals surface area (Å²) in [5.41, 5.74) is 0.841.